The van der Waals surface area contributed by atoms with E-state index in [1.807, 2.05) is 6.07 Å². The van der Waals surface area contributed by atoms with E-state index in [0.29, 0.717) is 0 Å². The largest absolute Gasteiger partial charge is 0.435 e. The molecule has 37 heavy (non-hydrogen) atoms. The Labute approximate surface area is 226 Å². The molecule has 4 rings (SSSR count). The van der Waals surface area contributed by atoms with Gasteiger partial charge in [-0.05, 0) is 53.0 Å². The second-order valence-corrected chi connectivity index (χ2v) is 13.2. The molecule has 0 amide bonds. The molecule has 0 fully saturated rings. The van der Waals surface area contributed by atoms with E-state index in [1.165, 1.54) is 61.6 Å². The predicted octanol–water partition coefficient (Wildman–Crippen LogP) is 10.5. The van der Waals surface area contributed by atoms with Crippen molar-refractivity contribution in [1.82, 2.24) is 0 Å². The van der Waals surface area contributed by atoms with Gasteiger partial charge in [0.05, 0.1) is 5.30 Å². The highest BCUT2D eigenvalue weighted by molar-refractivity contribution is 7.57. The number of hydrogen-bond donors (Lipinski definition) is 0. The molecule has 1 atom stereocenters. The summed E-state index contributed by atoms with van der Waals surface area (Å²) in [4.78, 5) is 0. The smallest absolute Gasteiger partial charge is 0.326 e. The molecule has 3 aromatic carbocycles. The molecule has 0 bridgehead atoms. The number of fused-ring (bicyclic) bond motifs is 3. The van der Waals surface area contributed by atoms with Gasteiger partial charge in [-0.25, -0.2) is 0 Å². The van der Waals surface area contributed by atoms with Gasteiger partial charge in [0.1, 0.15) is 11.5 Å². The van der Waals surface area contributed by atoms with Crippen molar-refractivity contribution in [1.29, 1.82) is 0 Å². The van der Waals surface area contributed by atoms with E-state index in [0.717, 1.165) is 28.8 Å². The molecule has 0 radical (unpaired) electrons. The van der Waals surface area contributed by atoms with Crippen molar-refractivity contribution in [2.24, 2.45) is 0 Å². The van der Waals surface area contributed by atoms with E-state index in [1.54, 1.807) is 0 Å². The molecule has 1 unspecified atom stereocenters. The molecular formula is C34H45O2P. The molecule has 0 N–H and O–H groups in total. The lowest BCUT2D eigenvalue weighted by atomic mass is 9.74. The minimum Gasteiger partial charge on any atom is -0.435 e. The summed E-state index contributed by atoms with van der Waals surface area (Å²) in [5, 5.41) is 1.15. The molecule has 0 saturated carbocycles. The first-order valence-electron chi connectivity index (χ1n) is 14.3. The Bertz CT molecular complexity index is 1180. The Morgan fingerprint density at radius 3 is 2.03 bits per heavy atom. The minimum atomic E-state index is -1.28. The van der Waals surface area contributed by atoms with E-state index in [9.17, 15) is 0 Å². The summed E-state index contributed by atoms with van der Waals surface area (Å²) in [6.07, 6.45) is 9.91. The van der Waals surface area contributed by atoms with Gasteiger partial charge in [0.2, 0.25) is 0 Å². The molecule has 1 aliphatic rings. The van der Waals surface area contributed by atoms with Crippen LogP contribution in [0.3, 0.4) is 0 Å². The third kappa shape index (κ3) is 6.40. The summed E-state index contributed by atoms with van der Waals surface area (Å²) in [5.41, 5.74) is 5.24. The Morgan fingerprint density at radius 2 is 1.32 bits per heavy atom. The third-order valence-corrected chi connectivity index (χ3v) is 9.45. The van der Waals surface area contributed by atoms with Crippen LogP contribution in [0.4, 0.5) is 0 Å². The minimum absolute atomic E-state index is 0.0164. The molecule has 0 aliphatic carbocycles. The third-order valence-electron chi connectivity index (χ3n) is 7.94. The van der Waals surface area contributed by atoms with Gasteiger partial charge in [-0.15, -0.1) is 0 Å². The molecule has 198 valence electrons. The number of unbranched alkanes of at least 4 members (excludes halogenated alkanes) is 4. The molecule has 0 spiro atoms. The standard InChI is InChI=1S/C34H45O2P/c1-7-9-15-23-33(3,4)26-21-22-31(29(25-26)34(5,6)24-16-10-8-2)36-37-32-20-14-12-18-28(32)27-17-11-13-19-30(27)35-37/h11-14,17-22,25H,7-10,15-16,23-24H2,1-6H3. The van der Waals surface area contributed by atoms with E-state index < -0.39 is 8.38 Å². The maximum atomic E-state index is 6.87. The number of para-hydroxylation sites is 1. The predicted molar refractivity (Wildman–Crippen MR) is 160 cm³/mol. The first-order chi connectivity index (χ1) is 17.8. The molecule has 0 aromatic heterocycles. The van der Waals surface area contributed by atoms with Gasteiger partial charge in [-0.1, -0.05) is 129 Å². The fraction of sp³-hybridized carbons (Fsp3) is 0.471. The average Bonchev–Trinajstić information content (AvgIpc) is 2.89. The van der Waals surface area contributed by atoms with Crippen molar-refractivity contribution >= 4 is 13.7 Å². The van der Waals surface area contributed by atoms with Crippen LogP contribution in [0.15, 0.2) is 66.7 Å². The highest BCUT2D eigenvalue weighted by Gasteiger charge is 2.33. The summed E-state index contributed by atoms with van der Waals surface area (Å²) < 4.78 is 13.4. The highest BCUT2D eigenvalue weighted by atomic mass is 31.2. The zero-order chi connectivity index (χ0) is 26.5. The zero-order valence-corrected chi connectivity index (χ0v) is 24.7. The fourth-order valence-electron chi connectivity index (χ4n) is 5.40. The van der Waals surface area contributed by atoms with Crippen LogP contribution >= 0.6 is 8.38 Å². The van der Waals surface area contributed by atoms with Crippen molar-refractivity contribution in [2.45, 2.75) is 104 Å². The highest BCUT2D eigenvalue weighted by Crippen LogP contribution is 2.51. The van der Waals surface area contributed by atoms with Gasteiger partial charge >= 0.3 is 8.38 Å². The lowest BCUT2D eigenvalue weighted by molar-refractivity contribution is 0.421. The Morgan fingerprint density at radius 1 is 0.703 bits per heavy atom. The average molecular weight is 517 g/mol. The molecule has 1 heterocycles. The fourth-order valence-corrected chi connectivity index (χ4v) is 6.91. The Hall–Kier alpha value is -2.31. The topological polar surface area (TPSA) is 18.5 Å². The molecule has 0 saturated heterocycles. The van der Waals surface area contributed by atoms with E-state index in [-0.39, 0.29) is 10.8 Å². The summed E-state index contributed by atoms with van der Waals surface area (Å²) in [6, 6.07) is 23.8. The van der Waals surface area contributed by atoms with Gasteiger partial charge in [0, 0.05) is 11.1 Å². The second-order valence-electron chi connectivity index (χ2n) is 11.8. The number of hydrogen-bond acceptors (Lipinski definition) is 2. The van der Waals surface area contributed by atoms with Crippen molar-refractivity contribution < 1.29 is 9.05 Å². The van der Waals surface area contributed by atoms with Crippen molar-refractivity contribution in [3.8, 4) is 22.6 Å². The van der Waals surface area contributed by atoms with Crippen LogP contribution < -0.4 is 14.4 Å². The zero-order valence-electron chi connectivity index (χ0n) is 23.8. The summed E-state index contributed by atoms with van der Waals surface area (Å²) in [5.74, 6) is 1.87. The molecule has 3 heteroatoms. The van der Waals surface area contributed by atoms with Crippen LogP contribution in [-0.2, 0) is 10.8 Å². The van der Waals surface area contributed by atoms with Gasteiger partial charge in [-0.2, -0.15) is 0 Å². The number of rotatable bonds is 12. The maximum Gasteiger partial charge on any atom is 0.326 e. The van der Waals surface area contributed by atoms with Crippen LogP contribution in [0.25, 0.3) is 11.1 Å². The normalized spacial score (nSPS) is 15.0. The lowest BCUT2D eigenvalue weighted by Crippen LogP contribution is -2.23. The summed E-state index contributed by atoms with van der Waals surface area (Å²) in [7, 11) is -1.28. The van der Waals surface area contributed by atoms with Crippen molar-refractivity contribution in [3.63, 3.8) is 0 Å². The SMILES string of the molecule is CCCCCC(C)(C)c1ccc(OP2Oc3ccccc3-c3ccccc32)c(C(C)(C)CCCCC)c1. The first-order valence-corrected chi connectivity index (χ1v) is 15.4. The van der Waals surface area contributed by atoms with E-state index in [2.05, 4.69) is 102 Å². The van der Waals surface area contributed by atoms with Gasteiger partial charge < -0.3 is 9.05 Å². The first kappa shape index (κ1) is 27.7. The van der Waals surface area contributed by atoms with Gasteiger partial charge in [0.25, 0.3) is 0 Å². The van der Waals surface area contributed by atoms with Crippen molar-refractivity contribution in [2.75, 3.05) is 0 Å². The Balaban J connectivity index is 1.71. The van der Waals surface area contributed by atoms with Gasteiger partial charge in [0.15, 0.2) is 0 Å². The maximum absolute atomic E-state index is 6.87. The van der Waals surface area contributed by atoms with Crippen LogP contribution in [0.1, 0.15) is 104 Å². The van der Waals surface area contributed by atoms with Gasteiger partial charge in [-0.3, -0.25) is 0 Å². The van der Waals surface area contributed by atoms with E-state index in [4.69, 9.17) is 9.05 Å². The van der Waals surface area contributed by atoms with E-state index >= 15 is 0 Å². The molecule has 2 nitrogen and oxygen atoms in total. The van der Waals surface area contributed by atoms with Crippen LogP contribution in [0.2, 0.25) is 0 Å². The van der Waals surface area contributed by atoms with Crippen molar-refractivity contribution in [3.05, 3.63) is 77.9 Å². The lowest BCUT2D eigenvalue weighted by Gasteiger charge is -2.33. The monoisotopic (exact) mass is 516 g/mol. The molecule has 3 aromatic rings. The summed E-state index contributed by atoms with van der Waals surface area (Å²) >= 11 is 0. The quantitative estimate of drug-likeness (QED) is 0.176. The Kier molecular flexibility index (Phi) is 9.02. The molecular weight excluding hydrogens is 471 g/mol. The molecule has 1 aliphatic heterocycles. The number of benzene rings is 3. The van der Waals surface area contributed by atoms with Crippen LogP contribution in [-0.4, -0.2) is 0 Å². The van der Waals surface area contributed by atoms with Crippen LogP contribution in [0.5, 0.6) is 11.5 Å². The van der Waals surface area contributed by atoms with Crippen LogP contribution in [0, 0.1) is 0 Å². The summed E-state index contributed by atoms with van der Waals surface area (Å²) in [6.45, 7) is 14.1. The second kappa shape index (κ2) is 12.0.